The van der Waals surface area contributed by atoms with E-state index in [4.69, 9.17) is 5.11 Å². The van der Waals surface area contributed by atoms with Crippen LogP contribution >= 0.6 is 0 Å². The monoisotopic (exact) mass is 303 g/mol. The molecule has 1 fully saturated rings. The summed E-state index contributed by atoms with van der Waals surface area (Å²) in [4.78, 5) is 24.8. The molecule has 22 heavy (non-hydrogen) atoms. The molecule has 1 aromatic rings. The van der Waals surface area contributed by atoms with Crippen LogP contribution in [0.25, 0.3) is 0 Å². The third kappa shape index (κ3) is 4.86. The van der Waals surface area contributed by atoms with Crippen LogP contribution in [0.15, 0.2) is 24.3 Å². The average molecular weight is 303 g/mol. The number of likely N-dealkylation sites (tertiary alicyclic amines) is 1. The van der Waals surface area contributed by atoms with Crippen LogP contribution in [0.3, 0.4) is 0 Å². The molecular weight excluding hydrogens is 278 g/mol. The van der Waals surface area contributed by atoms with Crippen molar-refractivity contribution < 1.29 is 14.7 Å². The maximum Gasteiger partial charge on any atom is 0.303 e. The first-order valence-electron chi connectivity index (χ1n) is 8.13. The summed E-state index contributed by atoms with van der Waals surface area (Å²) in [6, 6.07) is 8.81. The van der Waals surface area contributed by atoms with Crippen molar-refractivity contribution in [2.75, 3.05) is 6.54 Å². The summed E-state index contributed by atoms with van der Waals surface area (Å²) < 4.78 is 0. The fraction of sp³-hybridized carbons (Fsp3) is 0.556. The Morgan fingerprint density at radius 3 is 2.55 bits per heavy atom. The number of hydrogen-bond acceptors (Lipinski definition) is 2. The first-order chi connectivity index (χ1) is 10.6. The van der Waals surface area contributed by atoms with Crippen LogP contribution in [0.1, 0.15) is 49.7 Å². The van der Waals surface area contributed by atoms with Crippen LogP contribution in [0, 0.1) is 6.92 Å². The van der Waals surface area contributed by atoms with E-state index in [0.717, 1.165) is 25.8 Å². The van der Waals surface area contributed by atoms with Crippen LogP contribution in [0.5, 0.6) is 0 Å². The van der Waals surface area contributed by atoms with Gasteiger partial charge in [-0.1, -0.05) is 29.8 Å². The quantitative estimate of drug-likeness (QED) is 0.787. The predicted molar refractivity (Wildman–Crippen MR) is 85.7 cm³/mol. The van der Waals surface area contributed by atoms with E-state index in [0.29, 0.717) is 25.3 Å². The van der Waals surface area contributed by atoms with Crippen molar-refractivity contribution in [1.29, 1.82) is 0 Å². The first kappa shape index (κ1) is 16.5. The van der Waals surface area contributed by atoms with Crippen molar-refractivity contribution in [2.24, 2.45) is 0 Å². The van der Waals surface area contributed by atoms with Gasteiger partial charge in [-0.25, -0.2) is 0 Å². The zero-order valence-electron chi connectivity index (χ0n) is 13.3. The van der Waals surface area contributed by atoms with E-state index in [1.165, 1.54) is 11.1 Å². The number of unbranched alkanes of at least 4 members (excludes halogenated alkanes) is 1. The maximum absolute atomic E-state index is 12.3. The fourth-order valence-corrected chi connectivity index (χ4v) is 3.07. The minimum Gasteiger partial charge on any atom is -0.481 e. The van der Waals surface area contributed by atoms with E-state index >= 15 is 0 Å². The van der Waals surface area contributed by atoms with Crippen molar-refractivity contribution in [3.05, 3.63) is 35.4 Å². The van der Waals surface area contributed by atoms with Gasteiger partial charge in [0.25, 0.3) is 0 Å². The highest BCUT2D eigenvalue weighted by Gasteiger charge is 2.28. The topological polar surface area (TPSA) is 57.6 Å². The number of nitrogens with zero attached hydrogens (tertiary/aromatic N) is 1. The lowest BCUT2D eigenvalue weighted by Crippen LogP contribution is -2.36. The molecule has 4 heteroatoms. The van der Waals surface area contributed by atoms with E-state index < -0.39 is 5.97 Å². The zero-order chi connectivity index (χ0) is 15.9. The molecule has 0 bridgehead atoms. The molecule has 1 heterocycles. The lowest BCUT2D eigenvalue weighted by molar-refractivity contribution is -0.137. The SMILES string of the molecule is Cc1ccc(CC2CCCN2C(=O)CCCCC(=O)O)cc1. The zero-order valence-corrected chi connectivity index (χ0v) is 13.3. The van der Waals surface area contributed by atoms with Crippen molar-refractivity contribution >= 4 is 11.9 Å². The Labute approximate surface area is 132 Å². The highest BCUT2D eigenvalue weighted by molar-refractivity contribution is 5.77. The molecule has 1 atom stereocenters. The lowest BCUT2D eigenvalue weighted by atomic mass is 10.0. The Morgan fingerprint density at radius 1 is 1.18 bits per heavy atom. The van der Waals surface area contributed by atoms with Gasteiger partial charge < -0.3 is 10.0 Å². The van der Waals surface area contributed by atoms with Gasteiger partial charge in [0, 0.05) is 25.4 Å². The molecule has 120 valence electrons. The van der Waals surface area contributed by atoms with Crippen molar-refractivity contribution in [2.45, 2.75) is 57.9 Å². The summed E-state index contributed by atoms with van der Waals surface area (Å²) >= 11 is 0. The van der Waals surface area contributed by atoms with Gasteiger partial charge in [0.15, 0.2) is 0 Å². The number of hydrogen-bond donors (Lipinski definition) is 1. The molecule has 1 saturated heterocycles. The van der Waals surface area contributed by atoms with E-state index in [-0.39, 0.29) is 12.3 Å². The number of carboxylic acids is 1. The van der Waals surface area contributed by atoms with Crippen LogP contribution in [0.2, 0.25) is 0 Å². The molecule has 0 saturated carbocycles. The van der Waals surface area contributed by atoms with Gasteiger partial charge >= 0.3 is 5.97 Å². The average Bonchev–Trinajstić information content (AvgIpc) is 2.94. The molecule has 0 aliphatic carbocycles. The minimum absolute atomic E-state index is 0.153. The Hall–Kier alpha value is -1.84. The van der Waals surface area contributed by atoms with Crippen LogP contribution in [-0.2, 0) is 16.0 Å². The smallest absolute Gasteiger partial charge is 0.303 e. The predicted octanol–water partition coefficient (Wildman–Crippen LogP) is 3.17. The highest BCUT2D eigenvalue weighted by atomic mass is 16.4. The number of benzene rings is 1. The summed E-state index contributed by atoms with van der Waals surface area (Å²) in [5.41, 5.74) is 2.53. The van der Waals surface area contributed by atoms with Crippen LogP contribution in [-0.4, -0.2) is 34.5 Å². The number of carbonyl (C=O) groups excluding carboxylic acids is 1. The lowest BCUT2D eigenvalue weighted by Gasteiger charge is -2.25. The third-order valence-corrected chi connectivity index (χ3v) is 4.32. The number of amides is 1. The van der Waals surface area contributed by atoms with Gasteiger partial charge in [0.1, 0.15) is 0 Å². The molecule has 1 amide bonds. The highest BCUT2D eigenvalue weighted by Crippen LogP contribution is 2.23. The molecule has 1 aliphatic heterocycles. The third-order valence-electron chi connectivity index (χ3n) is 4.32. The molecule has 0 aromatic heterocycles. The second-order valence-electron chi connectivity index (χ2n) is 6.17. The van der Waals surface area contributed by atoms with Crippen molar-refractivity contribution in [3.8, 4) is 0 Å². The Balaban J connectivity index is 1.83. The standard InChI is InChI=1S/C18H25NO3/c1-14-8-10-15(11-9-14)13-16-5-4-12-19(16)17(20)6-2-3-7-18(21)22/h8-11,16H,2-7,12-13H2,1H3,(H,21,22). The Morgan fingerprint density at radius 2 is 1.86 bits per heavy atom. The molecule has 2 rings (SSSR count). The van der Waals surface area contributed by atoms with Crippen molar-refractivity contribution in [1.82, 2.24) is 4.90 Å². The van der Waals surface area contributed by atoms with Crippen molar-refractivity contribution in [3.63, 3.8) is 0 Å². The van der Waals surface area contributed by atoms with E-state index in [9.17, 15) is 9.59 Å². The second kappa shape index (κ2) is 7.97. The summed E-state index contributed by atoms with van der Waals surface area (Å²) in [5.74, 6) is -0.606. The van der Waals surface area contributed by atoms with Crippen LogP contribution < -0.4 is 0 Å². The number of aliphatic carboxylic acids is 1. The van der Waals surface area contributed by atoms with Gasteiger partial charge in [0.05, 0.1) is 0 Å². The summed E-state index contributed by atoms with van der Waals surface area (Å²) in [6.45, 7) is 2.92. The van der Waals surface area contributed by atoms with Gasteiger partial charge in [0.2, 0.25) is 5.91 Å². The maximum atomic E-state index is 12.3. The van der Waals surface area contributed by atoms with E-state index in [1.54, 1.807) is 0 Å². The van der Waals surface area contributed by atoms with E-state index in [1.807, 2.05) is 4.90 Å². The molecule has 1 unspecified atom stereocenters. The number of carbonyl (C=O) groups is 2. The molecular formula is C18H25NO3. The largest absolute Gasteiger partial charge is 0.481 e. The van der Waals surface area contributed by atoms with Gasteiger partial charge in [-0.2, -0.15) is 0 Å². The fourth-order valence-electron chi connectivity index (χ4n) is 3.07. The molecule has 0 spiro atoms. The second-order valence-corrected chi connectivity index (χ2v) is 6.17. The summed E-state index contributed by atoms with van der Waals surface area (Å²) in [7, 11) is 0. The number of rotatable bonds is 7. The van der Waals surface area contributed by atoms with Gasteiger partial charge in [-0.15, -0.1) is 0 Å². The van der Waals surface area contributed by atoms with Gasteiger partial charge in [-0.05, 0) is 44.6 Å². The first-order valence-corrected chi connectivity index (χ1v) is 8.13. The van der Waals surface area contributed by atoms with Crippen LogP contribution in [0.4, 0.5) is 0 Å². The summed E-state index contributed by atoms with van der Waals surface area (Å²) in [6.07, 6.45) is 4.92. The molecule has 1 aliphatic rings. The van der Waals surface area contributed by atoms with Gasteiger partial charge in [-0.3, -0.25) is 9.59 Å². The van der Waals surface area contributed by atoms with E-state index in [2.05, 4.69) is 31.2 Å². The Bertz CT molecular complexity index is 510. The minimum atomic E-state index is -0.786. The Kier molecular flexibility index (Phi) is 5.99. The summed E-state index contributed by atoms with van der Waals surface area (Å²) in [5, 5.41) is 8.62. The number of carboxylic acid groups (broad SMARTS) is 1. The molecule has 0 radical (unpaired) electrons. The number of aryl methyl sites for hydroxylation is 1. The molecule has 1 N–H and O–H groups in total. The molecule has 4 nitrogen and oxygen atoms in total. The normalized spacial score (nSPS) is 17.7. The molecule has 1 aromatic carbocycles.